The Morgan fingerprint density at radius 1 is 1.09 bits per heavy atom. The van der Waals surface area contributed by atoms with E-state index in [1.165, 1.54) is 16.6 Å². The highest BCUT2D eigenvalue weighted by molar-refractivity contribution is 7.89. The highest BCUT2D eigenvalue weighted by Gasteiger charge is 2.34. The molecule has 9 nitrogen and oxygen atoms in total. The number of aryl methyl sites for hydroxylation is 1. The maximum atomic E-state index is 13.2. The Morgan fingerprint density at radius 2 is 1.79 bits per heavy atom. The second-order valence-corrected chi connectivity index (χ2v) is 10.5. The molecule has 1 N–H and O–H groups in total. The van der Waals surface area contributed by atoms with Crippen LogP contribution in [0.3, 0.4) is 0 Å². The minimum atomic E-state index is -3.76. The van der Waals surface area contributed by atoms with E-state index in [0.717, 1.165) is 12.8 Å². The van der Waals surface area contributed by atoms with Crippen LogP contribution in [-0.4, -0.2) is 60.2 Å². The molecule has 2 saturated heterocycles. The third kappa shape index (κ3) is 4.79. The van der Waals surface area contributed by atoms with Gasteiger partial charge in [0.25, 0.3) is 5.91 Å². The van der Waals surface area contributed by atoms with Gasteiger partial charge in [-0.05, 0) is 49.9 Å². The molecule has 0 unspecified atom stereocenters. The highest BCUT2D eigenvalue weighted by Crippen LogP contribution is 2.26. The number of nitrogens with zero attached hydrogens (tertiary/aromatic N) is 4. The lowest BCUT2D eigenvalue weighted by atomic mass is 9.97. The first-order valence-corrected chi connectivity index (χ1v) is 12.5. The molecule has 2 amide bonds. The second kappa shape index (κ2) is 9.37. The Morgan fingerprint density at radius 3 is 2.45 bits per heavy atom. The number of sulfonamides is 1. The fraction of sp³-hybridized carbons (Fsp3) is 0.435. The molecule has 0 spiro atoms. The van der Waals surface area contributed by atoms with Crippen LogP contribution in [0.15, 0.2) is 41.4 Å². The van der Waals surface area contributed by atoms with Gasteiger partial charge in [-0.3, -0.25) is 9.59 Å². The van der Waals surface area contributed by atoms with Gasteiger partial charge in [-0.2, -0.15) is 9.57 Å². The summed E-state index contributed by atoms with van der Waals surface area (Å²) in [5, 5.41) is 11.8. The first-order valence-electron chi connectivity index (χ1n) is 11.1. The molecule has 0 saturated carbocycles. The fourth-order valence-corrected chi connectivity index (χ4v) is 5.93. The Labute approximate surface area is 193 Å². The molecule has 1 aromatic carbocycles. The molecule has 2 aromatic rings. The largest absolute Gasteiger partial charge is 0.345 e. The predicted molar refractivity (Wildman–Crippen MR) is 122 cm³/mol. The summed E-state index contributed by atoms with van der Waals surface area (Å²) in [6.07, 6.45) is 4.21. The minimum absolute atomic E-state index is 0.101. The molecule has 1 aromatic heterocycles. The molecular weight excluding hydrogens is 442 g/mol. The molecule has 0 atom stereocenters. The van der Waals surface area contributed by atoms with Crippen molar-refractivity contribution in [1.82, 2.24) is 13.8 Å². The second-order valence-electron chi connectivity index (χ2n) is 8.53. The first kappa shape index (κ1) is 23.0. The van der Waals surface area contributed by atoms with E-state index in [9.17, 15) is 18.0 Å². The highest BCUT2D eigenvalue weighted by atomic mass is 32.2. The molecule has 33 heavy (non-hydrogen) atoms. The van der Waals surface area contributed by atoms with Crippen LogP contribution in [0.5, 0.6) is 0 Å². The van der Waals surface area contributed by atoms with Crippen LogP contribution in [0.25, 0.3) is 0 Å². The summed E-state index contributed by atoms with van der Waals surface area (Å²) in [5.41, 5.74) is 1.37. The van der Waals surface area contributed by atoms with Crippen LogP contribution < -0.4 is 5.32 Å². The van der Waals surface area contributed by atoms with Crippen molar-refractivity contribution in [2.75, 3.05) is 31.5 Å². The number of amides is 2. The molecule has 4 rings (SSSR count). The van der Waals surface area contributed by atoms with Gasteiger partial charge in [0.2, 0.25) is 15.9 Å². The third-order valence-electron chi connectivity index (χ3n) is 6.31. The summed E-state index contributed by atoms with van der Waals surface area (Å²) < 4.78 is 29.3. The zero-order valence-corrected chi connectivity index (χ0v) is 19.3. The van der Waals surface area contributed by atoms with E-state index in [1.54, 1.807) is 40.8 Å². The lowest BCUT2D eigenvalue weighted by molar-refractivity contribution is -0.120. The smallest absolute Gasteiger partial charge is 0.270 e. The number of nitrogens with one attached hydrogen (secondary N) is 1. The van der Waals surface area contributed by atoms with Crippen LogP contribution in [0, 0.1) is 17.2 Å². The maximum Gasteiger partial charge on any atom is 0.270 e. The quantitative estimate of drug-likeness (QED) is 0.721. The van der Waals surface area contributed by atoms with Gasteiger partial charge in [-0.15, -0.1) is 0 Å². The third-order valence-corrected chi connectivity index (χ3v) is 8.18. The molecule has 3 heterocycles. The summed E-state index contributed by atoms with van der Waals surface area (Å²) in [5.74, 6) is -0.641. The number of likely N-dealkylation sites (tertiary alicyclic amines) is 1. The standard InChI is InChI=1S/C23H27N5O4S/c1-26-16-20(14-21(26)23(30)27-9-2-3-10-27)33(31,32)28-11-7-18(8-12-28)22(29)25-19-6-4-5-17(13-19)15-24/h4-6,13-14,16,18H,2-3,7-12H2,1H3,(H,25,29). The number of hydrogen-bond donors (Lipinski definition) is 1. The Bertz CT molecular complexity index is 1200. The van der Waals surface area contributed by atoms with Crippen LogP contribution in [-0.2, 0) is 21.9 Å². The van der Waals surface area contributed by atoms with Crippen molar-refractivity contribution < 1.29 is 18.0 Å². The van der Waals surface area contributed by atoms with Crippen molar-refractivity contribution in [3.63, 3.8) is 0 Å². The monoisotopic (exact) mass is 469 g/mol. The van der Waals surface area contributed by atoms with Crippen LogP contribution >= 0.6 is 0 Å². The number of nitriles is 1. The molecule has 0 radical (unpaired) electrons. The number of benzene rings is 1. The Balaban J connectivity index is 1.40. The molecule has 174 valence electrons. The van der Waals surface area contributed by atoms with Crippen molar-refractivity contribution >= 4 is 27.5 Å². The summed E-state index contributed by atoms with van der Waals surface area (Å²) in [6, 6.07) is 10.2. The SMILES string of the molecule is Cn1cc(S(=O)(=O)N2CCC(C(=O)Nc3cccc(C#N)c3)CC2)cc1C(=O)N1CCCC1. The summed E-state index contributed by atoms with van der Waals surface area (Å²) in [7, 11) is -2.08. The summed E-state index contributed by atoms with van der Waals surface area (Å²) in [4.78, 5) is 27.2. The van der Waals surface area contributed by atoms with Gasteiger partial charge in [0.15, 0.2) is 0 Å². The number of piperidine rings is 1. The van der Waals surface area contributed by atoms with E-state index >= 15 is 0 Å². The van der Waals surface area contributed by atoms with Gasteiger partial charge in [0, 0.05) is 51.0 Å². The van der Waals surface area contributed by atoms with Gasteiger partial charge >= 0.3 is 0 Å². The van der Waals surface area contributed by atoms with E-state index < -0.39 is 10.0 Å². The number of carbonyl (C=O) groups is 2. The van der Waals surface area contributed by atoms with Crippen molar-refractivity contribution in [2.45, 2.75) is 30.6 Å². The number of hydrogen-bond acceptors (Lipinski definition) is 5. The zero-order valence-electron chi connectivity index (χ0n) is 18.5. The maximum absolute atomic E-state index is 13.2. The van der Waals surface area contributed by atoms with E-state index in [1.807, 2.05) is 6.07 Å². The molecule has 0 bridgehead atoms. The van der Waals surface area contributed by atoms with Crippen molar-refractivity contribution in [2.24, 2.45) is 13.0 Å². The molecule has 2 aliphatic rings. The summed E-state index contributed by atoms with van der Waals surface area (Å²) in [6.45, 7) is 1.84. The molecular formula is C23H27N5O4S. The number of carbonyl (C=O) groups excluding carboxylic acids is 2. The fourth-order valence-electron chi connectivity index (χ4n) is 4.39. The van der Waals surface area contributed by atoms with E-state index in [2.05, 4.69) is 5.32 Å². The van der Waals surface area contributed by atoms with E-state index in [0.29, 0.717) is 42.9 Å². The molecule has 0 aliphatic carbocycles. The van der Waals surface area contributed by atoms with Crippen LogP contribution in [0.2, 0.25) is 0 Å². The first-order chi connectivity index (χ1) is 15.8. The number of aromatic nitrogens is 1. The predicted octanol–water partition coefficient (Wildman–Crippen LogP) is 2.17. The van der Waals surface area contributed by atoms with Crippen LogP contribution in [0.1, 0.15) is 41.7 Å². The summed E-state index contributed by atoms with van der Waals surface area (Å²) >= 11 is 0. The number of rotatable bonds is 5. The molecule has 2 aliphatic heterocycles. The normalized spacial score (nSPS) is 17.6. The van der Waals surface area contributed by atoms with Crippen molar-refractivity contribution in [1.29, 1.82) is 5.26 Å². The molecule has 10 heteroatoms. The minimum Gasteiger partial charge on any atom is -0.345 e. The van der Waals surface area contributed by atoms with Crippen LogP contribution in [0.4, 0.5) is 5.69 Å². The van der Waals surface area contributed by atoms with Crippen molar-refractivity contribution in [3.8, 4) is 6.07 Å². The Kier molecular flexibility index (Phi) is 6.54. The lowest BCUT2D eigenvalue weighted by Crippen LogP contribution is -2.41. The zero-order chi connectivity index (χ0) is 23.6. The Hall–Kier alpha value is -3.16. The lowest BCUT2D eigenvalue weighted by Gasteiger charge is -2.30. The van der Waals surface area contributed by atoms with Gasteiger partial charge < -0.3 is 14.8 Å². The van der Waals surface area contributed by atoms with Crippen molar-refractivity contribution in [3.05, 3.63) is 47.8 Å². The number of anilines is 1. The average molecular weight is 470 g/mol. The van der Waals surface area contributed by atoms with Gasteiger partial charge in [-0.1, -0.05) is 6.07 Å². The van der Waals surface area contributed by atoms with Gasteiger partial charge in [0.1, 0.15) is 10.6 Å². The molecule has 2 fully saturated rings. The topological polar surface area (TPSA) is 116 Å². The van der Waals surface area contributed by atoms with Gasteiger partial charge in [-0.25, -0.2) is 8.42 Å². The van der Waals surface area contributed by atoms with E-state index in [-0.39, 0.29) is 35.7 Å². The van der Waals surface area contributed by atoms with Gasteiger partial charge in [0.05, 0.1) is 11.6 Å². The van der Waals surface area contributed by atoms with E-state index in [4.69, 9.17) is 5.26 Å². The average Bonchev–Trinajstić information content (AvgIpc) is 3.49.